The first-order valence-electron chi connectivity index (χ1n) is 10.2. The molecule has 0 aliphatic carbocycles. The van der Waals surface area contributed by atoms with Crippen LogP contribution >= 0.6 is 27.5 Å². The van der Waals surface area contributed by atoms with Gasteiger partial charge in [-0.2, -0.15) is 0 Å². The van der Waals surface area contributed by atoms with Crippen molar-refractivity contribution in [2.45, 2.75) is 20.3 Å². The number of hydrogen-bond acceptors (Lipinski definition) is 6. The van der Waals surface area contributed by atoms with Gasteiger partial charge in [-0.25, -0.2) is 4.79 Å². The Hall–Kier alpha value is -2.91. The molecule has 8 nitrogen and oxygen atoms in total. The van der Waals surface area contributed by atoms with Gasteiger partial charge in [0.2, 0.25) is 5.91 Å². The lowest BCUT2D eigenvalue weighted by Crippen LogP contribution is -2.28. The van der Waals surface area contributed by atoms with Gasteiger partial charge in [0, 0.05) is 28.8 Å². The predicted octanol–water partition coefficient (Wildman–Crippen LogP) is 4.12. The summed E-state index contributed by atoms with van der Waals surface area (Å²) in [4.78, 5) is 50.3. The lowest BCUT2D eigenvalue weighted by atomic mass is 10.1. The van der Waals surface area contributed by atoms with Crippen molar-refractivity contribution in [1.82, 2.24) is 0 Å². The zero-order valence-corrected chi connectivity index (χ0v) is 20.4. The number of hydrogen-bond donors (Lipinski definition) is 1. The van der Waals surface area contributed by atoms with Gasteiger partial charge in [0.1, 0.15) is 0 Å². The third kappa shape index (κ3) is 6.11. The Labute approximate surface area is 204 Å². The Kier molecular flexibility index (Phi) is 8.10. The van der Waals surface area contributed by atoms with E-state index >= 15 is 0 Å². The number of aryl methyl sites for hydroxylation is 1. The maximum atomic E-state index is 12.4. The molecular formula is C23H22BrClN2O6. The van der Waals surface area contributed by atoms with Crippen molar-refractivity contribution >= 4 is 62.7 Å². The fourth-order valence-corrected chi connectivity index (χ4v) is 3.95. The quantitative estimate of drug-likeness (QED) is 0.533. The van der Waals surface area contributed by atoms with Crippen molar-refractivity contribution in [3.05, 3.63) is 57.0 Å². The first-order chi connectivity index (χ1) is 15.7. The summed E-state index contributed by atoms with van der Waals surface area (Å²) in [6.45, 7) is 3.43. The summed E-state index contributed by atoms with van der Waals surface area (Å²) >= 11 is 9.37. The second-order valence-electron chi connectivity index (χ2n) is 7.41. The van der Waals surface area contributed by atoms with Crippen molar-refractivity contribution in [2.24, 2.45) is 5.92 Å². The Balaban J connectivity index is 1.54. The molecule has 2 aromatic rings. The number of carbonyl (C=O) groups excluding carboxylic acids is 4. The van der Waals surface area contributed by atoms with Crippen LogP contribution in [0.1, 0.15) is 29.3 Å². The molecule has 1 aliphatic heterocycles. The van der Waals surface area contributed by atoms with Crippen molar-refractivity contribution < 1.29 is 28.7 Å². The SMILES string of the molecule is CCOC(=O)c1ccc(N2C[C@@H](C(=O)OCC(=O)Nc3cc(Cl)c(Br)cc3C)CC2=O)cc1. The number of carbonyl (C=O) groups is 4. The normalized spacial score (nSPS) is 15.3. The molecular weight excluding hydrogens is 516 g/mol. The van der Waals surface area contributed by atoms with E-state index in [2.05, 4.69) is 21.2 Å². The molecule has 0 radical (unpaired) electrons. The number of esters is 2. The Morgan fingerprint density at radius 2 is 1.88 bits per heavy atom. The maximum absolute atomic E-state index is 12.4. The van der Waals surface area contributed by atoms with Gasteiger partial charge >= 0.3 is 11.9 Å². The fraction of sp³-hybridized carbons (Fsp3) is 0.304. The highest BCUT2D eigenvalue weighted by Gasteiger charge is 2.36. The zero-order chi connectivity index (χ0) is 24.1. The van der Waals surface area contributed by atoms with Crippen molar-refractivity contribution in [1.29, 1.82) is 0 Å². The number of rotatable bonds is 7. The highest BCUT2D eigenvalue weighted by molar-refractivity contribution is 9.10. The average molecular weight is 538 g/mol. The van der Waals surface area contributed by atoms with Gasteiger partial charge in [0.15, 0.2) is 6.61 Å². The van der Waals surface area contributed by atoms with Crippen LogP contribution in [-0.2, 0) is 23.9 Å². The molecule has 0 spiro atoms. The molecule has 1 aliphatic rings. The van der Waals surface area contributed by atoms with Crippen LogP contribution in [0.2, 0.25) is 5.02 Å². The van der Waals surface area contributed by atoms with E-state index in [9.17, 15) is 19.2 Å². The summed E-state index contributed by atoms with van der Waals surface area (Å²) in [6, 6.07) is 9.73. The lowest BCUT2D eigenvalue weighted by Gasteiger charge is -2.17. The van der Waals surface area contributed by atoms with Gasteiger partial charge in [-0.15, -0.1) is 0 Å². The number of nitrogens with one attached hydrogen (secondary N) is 1. The molecule has 0 aromatic heterocycles. The monoisotopic (exact) mass is 536 g/mol. The fourth-order valence-electron chi connectivity index (χ4n) is 3.33. The average Bonchev–Trinajstić information content (AvgIpc) is 3.17. The van der Waals surface area contributed by atoms with E-state index < -0.39 is 30.4 Å². The summed E-state index contributed by atoms with van der Waals surface area (Å²) in [7, 11) is 0. The van der Waals surface area contributed by atoms with Crippen LogP contribution in [0.3, 0.4) is 0 Å². The third-order valence-corrected chi connectivity index (χ3v) is 6.23. The molecule has 174 valence electrons. The molecule has 0 saturated carbocycles. The zero-order valence-electron chi connectivity index (χ0n) is 18.0. The Morgan fingerprint density at radius 3 is 2.55 bits per heavy atom. The lowest BCUT2D eigenvalue weighted by molar-refractivity contribution is -0.151. The van der Waals surface area contributed by atoms with Crippen LogP contribution in [0, 0.1) is 12.8 Å². The van der Waals surface area contributed by atoms with Crippen LogP contribution < -0.4 is 10.2 Å². The van der Waals surface area contributed by atoms with E-state index in [1.165, 1.54) is 4.90 Å². The molecule has 1 heterocycles. The molecule has 1 N–H and O–H groups in total. The second kappa shape index (κ2) is 10.8. The smallest absolute Gasteiger partial charge is 0.338 e. The number of nitrogens with zero attached hydrogens (tertiary/aromatic N) is 1. The van der Waals surface area contributed by atoms with Crippen LogP contribution in [0.15, 0.2) is 40.9 Å². The third-order valence-electron chi connectivity index (χ3n) is 5.04. The molecule has 1 saturated heterocycles. The molecule has 1 atom stereocenters. The van der Waals surface area contributed by atoms with Gasteiger partial charge in [-0.05, 0) is 71.7 Å². The molecule has 3 rings (SSSR count). The second-order valence-corrected chi connectivity index (χ2v) is 8.67. The van der Waals surface area contributed by atoms with E-state index in [0.717, 1.165) is 5.56 Å². The summed E-state index contributed by atoms with van der Waals surface area (Å²) in [6.07, 6.45) is -0.0263. The summed E-state index contributed by atoms with van der Waals surface area (Å²) in [5.41, 5.74) is 2.23. The van der Waals surface area contributed by atoms with Gasteiger partial charge in [-0.1, -0.05) is 11.6 Å². The van der Waals surface area contributed by atoms with Crippen molar-refractivity contribution in [2.75, 3.05) is 30.0 Å². The molecule has 2 amide bonds. The van der Waals surface area contributed by atoms with E-state index in [4.69, 9.17) is 21.1 Å². The number of halogens is 2. The molecule has 33 heavy (non-hydrogen) atoms. The van der Waals surface area contributed by atoms with Crippen LogP contribution in [0.4, 0.5) is 11.4 Å². The topological polar surface area (TPSA) is 102 Å². The first kappa shape index (κ1) is 24.7. The number of anilines is 2. The summed E-state index contributed by atoms with van der Waals surface area (Å²) in [5.74, 6) is -2.53. The van der Waals surface area contributed by atoms with Gasteiger partial charge in [0.05, 0.1) is 23.1 Å². The minimum absolute atomic E-state index is 0.0263. The van der Waals surface area contributed by atoms with Gasteiger partial charge in [0.25, 0.3) is 5.91 Å². The molecule has 2 aromatic carbocycles. The van der Waals surface area contributed by atoms with E-state index in [1.807, 2.05) is 0 Å². The minimum atomic E-state index is -0.695. The molecule has 10 heteroatoms. The molecule has 0 unspecified atom stereocenters. The summed E-state index contributed by atoms with van der Waals surface area (Å²) < 4.78 is 10.8. The molecule has 0 bridgehead atoms. The van der Waals surface area contributed by atoms with Crippen molar-refractivity contribution in [3.63, 3.8) is 0 Å². The largest absolute Gasteiger partial charge is 0.462 e. The van der Waals surface area contributed by atoms with E-state index in [0.29, 0.717) is 26.4 Å². The van der Waals surface area contributed by atoms with Crippen molar-refractivity contribution in [3.8, 4) is 0 Å². The Morgan fingerprint density at radius 1 is 1.18 bits per heavy atom. The van der Waals surface area contributed by atoms with Crippen LogP contribution in [0.5, 0.6) is 0 Å². The van der Waals surface area contributed by atoms with Crippen LogP contribution in [0.25, 0.3) is 0 Å². The summed E-state index contributed by atoms with van der Waals surface area (Å²) in [5, 5.41) is 3.09. The predicted molar refractivity (Wildman–Crippen MR) is 126 cm³/mol. The molecule has 1 fully saturated rings. The van der Waals surface area contributed by atoms with E-state index in [1.54, 1.807) is 50.2 Å². The number of amides is 2. The highest BCUT2D eigenvalue weighted by Crippen LogP contribution is 2.29. The Bertz CT molecular complexity index is 1090. The number of ether oxygens (including phenoxy) is 2. The standard InChI is InChI=1S/C23H22BrClN2O6/c1-3-32-22(30)14-4-6-16(7-5-14)27-11-15(9-21(27)29)23(31)33-12-20(28)26-19-10-18(25)17(24)8-13(19)2/h4-8,10,15H,3,9,11-12H2,1-2H3,(H,26,28)/t15-/m0/s1. The van der Waals surface area contributed by atoms with Gasteiger partial charge < -0.3 is 19.7 Å². The van der Waals surface area contributed by atoms with Crippen LogP contribution in [-0.4, -0.2) is 43.5 Å². The van der Waals surface area contributed by atoms with Gasteiger partial charge in [-0.3, -0.25) is 14.4 Å². The maximum Gasteiger partial charge on any atom is 0.338 e. The minimum Gasteiger partial charge on any atom is -0.462 e. The number of benzene rings is 2. The highest BCUT2D eigenvalue weighted by atomic mass is 79.9. The van der Waals surface area contributed by atoms with E-state index in [-0.39, 0.29) is 25.5 Å². The first-order valence-corrected chi connectivity index (χ1v) is 11.4.